The lowest BCUT2D eigenvalue weighted by atomic mass is 10.0. The topological polar surface area (TPSA) is 79.6 Å². The van der Waals surface area contributed by atoms with Gasteiger partial charge in [0, 0.05) is 5.56 Å². The maximum absolute atomic E-state index is 12.9. The smallest absolute Gasteiger partial charge is 0.293 e. The maximum Gasteiger partial charge on any atom is 0.293 e. The van der Waals surface area contributed by atoms with Crippen LogP contribution < -0.4 is 9.47 Å². The van der Waals surface area contributed by atoms with Gasteiger partial charge in [0.15, 0.2) is 11.5 Å². The van der Waals surface area contributed by atoms with Crippen LogP contribution in [-0.4, -0.2) is 30.3 Å². The Kier molecular flexibility index (Phi) is 6.60. The molecule has 0 spiro atoms. The zero-order valence-electron chi connectivity index (χ0n) is 16.7. The van der Waals surface area contributed by atoms with Gasteiger partial charge in [-0.2, -0.15) is 5.26 Å². The normalized spacial score (nSPS) is 14.7. The van der Waals surface area contributed by atoms with E-state index in [1.165, 1.54) is 0 Å². The SMILES string of the molecule is C=CCc1cc(/C=C2\SC(=O)N(Cc3ccccc3C#N)C2=O)cc(OC)c1OC. The van der Waals surface area contributed by atoms with Crippen molar-refractivity contribution in [3.8, 4) is 17.6 Å². The van der Waals surface area contributed by atoms with E-state index in [1.54, 1.807) is 56.7 Å². The van der Waals surface area contributed by atoms with E-state index >= 15 is 0 Å². The zero-order valence-corrected chi connectivity index (χ0v) is 17.5. The molecule has 1 heterocycles. The number of ether oxygens (including phenoxy) is 2. The summed E-state index contributed by atoms with van der Waals surface area (Å²) in [5.41, 5.74) is 2.64. The van der Waals surface area contributed by atoms with Gasteiger partial charge in [0.1, 0.15) is 0 Å². The summed E-state index contributed by atoms with van der Waals surface area (Å²) in [5, 5.41) is 8.88. The van der Waals surface area contributed by atoms with E-state index < -0.39 is 5.91 Å². The van der Waals surface area contributed by atoms with Crippen LogP contribution in [0.4, 0.5) is 4.79 Å². The minimum atomic E-state index is -0.391. The molecule has 0 bridgehead atoms. The first-order chi connectivity index (χ1) is 14.5. The second-order valence-electron chi connectivity index (χ2n) is 6.45. The van der Waals surface area contributed by atoms with Crippen LogP contribution in [-0.2, 0) is 17.8 Å². The molecule has 2 aromatic rings. The first-order valence-electron chi connectivity index (χ1n) is 9.11. The number of nitrogens with zero attached hydrogens (tertiary/aromatic N) is 2. The van der Waals surface area contributed by atoms with Gasteiger partial charge in [-0.25, -0.2) is 0 Å². The summed E-state index contributed by atoms with van der Waals surface area (Å²) in [5.74, 6) is 0.749. The van der Waals surface area contributed by atoms with Gasteiger partial charge in [-0.05, 0) is 53.6 Å². The van der Waals surface area contributed by atoms with Gasteiger partial charge in [0.05, 0.1) is 37.3 Å². The Bertz CT molecular complexity index is 1090. The van der Waals surface area contributed by atoms with Gasteiger partial charge < -0.3 is 9.47 Å². The van der Waals surface area contributed by atoms with Gasteiger partial charge in [0.2, 0.25) is 0 Å². The van der Waals surface area contributed by atoms with Crippen LogP contribution in [0.5, 0.6) is 11.5 Å². The van der Waals surface area contributed by atoms with Crippen LogP contribution in [0.2, 0.25) is 0 Å². The summed E-state index contributed by atoms with van der Waals surface area (Å²) >= 11 is 0.875. The van der Waals surface area contributed by atoms with E-state index in [4.69, 9.17) is 9.47 Å². The Labute approximate surface area is 179 Å². The number of imide groups is 1. The number of hydrogen-bond donors (Lipinski definition) is 0. The average molecular weight is 420 g/mol. The van der Waals surface area contributed by atoms with Gasteiger partial charge in [-0.3, -0.25) is 14.5 Å². The van der Waals surface area contributed by atoms with Crippen LogP contribution in [0.3, 0.4) is 0 Å². The van der Waals surface area contributed by atoms with Crippen molar-refractivity contribution < 1.29 is 19.1 Å². The molecular formula is C23H20N2O4S. The predicted octanol–water partition coefficient (Wildman–Crippen LogP) is 4.54. The number of rotatable bonds is 7. The number of benzene rings is 2. The summed E-state index contributed by atoms with van der Waals surface area (Å²) in [6, 6.07) is 12.6. The van der Waals surface area contributed by atoms with Gasteiger partial charge >= 0.3 is 0 Å². The molecule has 0 radical (unpaired) electrons. The third kappa shape index (κ3) is 4.24. The molecule has 30 heavy (non-hydrogen) atoms. The van der Waals surface area contributed by atoms with Crippen LogP contribution in [0.25, 0.3) is 6.08 Å². The van der Waals surface area contributed by atoms with Crippen molar-refractivity contribution >= 4 is 29.0 Å². The van der Waals surface area contributed by atoms with Gasteiger partial charge in [-0.15, -0.1) is 6.58 Å². The molecule has 7 heteroatoms. The number of amides is 2. The summed E-state index contributed by atoms with van der Waals surface area (Å²) in [7, 11) is 3.11. The standard InChI is InChI=1S/C23H20N2O4S/c1-4-7-16-10-15(11-19(28-2)21(16)29-3)12-20-22(26)25(23(27)30-20)14-18-9-6-5-8-17(18)13-24/h4-6,8-12H,1,7,14H2,2-3H3/b20-12-. The molecule has 0 unspecified atom stereocenters. The number of allylic oxidation sites excluding steroid dienone is 1. The molecule has 0 aliphatic carbocycles. The van der Waals surface area contributed by atoms with E-state index in [2.05, 4.69) is 12.6 Å². The van der Waals surface area contributed by atoms with Crippen molar-refractivity contribution in [2.75, 3.05) is 14.2 Å². The molecule has 0 atom stereocenters. The third-order valence-corrected chi connectivity index (χ3v) is 5.49. The first kappa shape index (κ1) is 21.2. The van der Waals surface area contributed by atoms with Crippen LogP contribution >= 0.6 is 11.8 Å². The summed E-state index contributed by atoms with van der Waals surface area (Å²) < 4.78 is 10.8. The maximum atomic E-state index is 12.9. The largest absolute Gasteiger partial charge is 0.493 e. The minimum absolute atomic E-state index is 0.0549. The van der Waals surface area contributed by atoms with Crippen LogP contribution in [0, 0.1) is 11.3 Å². The zero-order chi connectivity index (χ0) is 21.7. The van der Waals surface area contributed by atoms with Crippen molar-refractivity contribution in [3.05, 3.63) is 76.2 Å². The predicted molar refractivity (Wildman–Crippen MR) is 116 cm³/mol. The lowest BCUT2D eigenvalue weighted by molar-refractivity contribution is -0.123. The number of carbonyl (C=O) groups excluding carboxylic acids is 2. The molecule has 1 aliphatic heterocycles. The Morgan fingerprint density at radius 2 is 1.93 bits per heavy atom. The number of carbonyl (C=O) groups is 2. The second-order valence-corrected chi connectivity index (χ2v) is 7.44. The molecule has 1 aliphatic rings. The van der Waals surface area contributed by atoms with Crippen molar-refractivity contribution in [1.29, 1.82) is 5.26 Å². The fourth-order valence-electron chi connectivity index (χ4n) is 3.18. The number of hydrogen-bond acceptors (Lipinski definition) is 6. The Morgan fingerprint density at radius 1 is 1.17 bits per heavy atom. The number of methoxy groups -OCH3 is 2. The molecule has 3 rings (SSSR count). The molecule has 0 N–H and O–H groups in total. The third-order valence-electron chi connectivity index (χ3n) is 4.58. The van der Waals surface area contributed by atoms with E-state index in [0.29, 0.717) is 39.5 Å². The van der Waals surface area contributed by atoms with Gasteiger partial charge in [-0.1, -0.05) is 24.3 Å². The lowest BCUT2D eigenvalue weighted by Crippen LogP contribution is -2.27. The minimum Gasteiger partial charge on any atom is -0.493 e. The Morgan fingerprint density at radius 3 is 2.60 bits per heavy atom. The molecule has 2 amide bonds. The quantitative estimate of drug-likeness (QED) is 0.483. The van der Waals surface area contributed by atoms with Crippen molar-refractivity contribution in [1.82, 2.24) is 4.90 Å². The summed E-state index contributed by atoms with van der Waals surface area (Å²) in [6.07, 6.45) is 3.98. The van der Waals surface area contributed by atoms with E-state index in [0.717, 1.165) is 22.2 Å². The van der Waals surface area contributed by atoms with Crippen molar-refractivity contribution in [2.45, 2.75) is 13.0 Å². The monoisotopic (exact) mass is 420 g/mol. The van der Waals surface area contributed by atoms with Crippen molar-refractivity contribution in [3.63, 3.8) is 0 Å². The molecule has 152 valence electrons. The number of nitriles is 1. The van der Waals surface area contributed by atoms with Crippen LogP contribution in [0.1, 0.15) is 22.3 Å². The summed E-state index contributed by atoms with van der Waals surface area (Å²) in [4.78, 5) is 26.8. The summed E-state index contributed by atoms with van der Waals surface area (Å²) in [6.45, 7) is 3.82. The molecule has 6 nitrogen and oxygen atoms in total. The van der Waals surface area contributed by atoms with E-state index in [-0.39, 0.29) is 11.8 Å². The van der Waals surface area contributed by atoms with Gasteiger partial charge in [0.25, 0.3) is 11.1 Å². The molecule has 1 fully saturated rings. The molecule has 0 aromatic heterocycles. The highest BCUT2D eigenvalue weighted by molar-refractivity contribution is 8.18. The number of thioether (sulfide) groups is 1. The average Bonchev–Trinajstić information content (AvgIpc) is 3.01. The molecular weight excluding hydrogens is 400 g/mol. The highest BCUT2D eigenvalue weighted by atomic mass is 32.2. The molecule has 0 saturated carbocycles. The fourth-order valence-corrected chi connectivity index (χ4v) is 4.02. The molecule has 1 saturated heterocycles. The van der Waals surface area contributed by atoms with E-state index in [9.17, 15) is 14.9 Å². The molecule has 2 aromatic carbocycles. The Balaban J connectivity index is 1.93. The highest BCUT2D eigenvalue weighted by Crippen LogP contribution is 2.37. The Hall–Kier alpha value is -3.50. The fraction of sp³-hybridized carbons (Fsp3) is 0.174. The highest BCUT2D eigenvalue weighted by Gasteiger charge is 2.35. The van der Waals surface area contributed by atoms with Crippen LogP contribution in [0.15, 0.2) is 54.0 Å². The van der Waals surface area contributed by atoms with E-state index in [1.807, 2.05) is 6.07 Å². The lowest BCUT2D eigenvalue weighted by Gasteiger charge is -2.14. The van der Waals surface area contributed by atoms with Crippen molar-refractivity contribution in [2.24, 2.45) is 0 Å². The first-order valence-corrected chi connectivity index (χ1v) is 9.93. The second kappa shape index (κ2) is 9.33.